The summed E-state index contributed by atoms with van der Waals surface area (Å²) in [7, 11) is 0. The second-order valence-electron chi connectivity index (χ2n) is 5.86. The number of aromatic nitrogens is 3. The topological polar surface area (TPSA) is 59.9 Å². The van der Waals surface area contributed by atoms with Crippen LogP contribution in [0.4, 0.5) is 13.2 Å². The summed E-state index contributed by atoms with van der Waals surface area (Å²) in [4.78, 5) is 15.7. The van der Waals surface area contributed by atoms with Gasteiger partial charge < -0.3 is 9.72 Å². The van der Waals surface area contributed by atoms with Gasteiger partial charge in [0.15, 0.2) is 0 Å². The van der Waals surface area contributed by atoms with Crippen molar-refractivity contribution in [2.75, 3.05) is 0 Å². The second-order valence-corrected chi connectivity index (χ2v) is 5.86. The van der Waals surface area contributed by atoms with E-state index in [0.29, 0.717) is 16.9 Å². The van der Waals surface area contributed by atoms with Crippen molar-refractivity contribution in [3.8, 4) is 22.7 Å². The van der Waals surface area contributed by atoms with Gasteiger partial charge in [0.1, 0.15) is 11.4 Å². The number of hydrogen-bond acceptors (Lipinski definition) is 3. The zero-order valence-electron chi connectivity index (χ0n) is 13.5. The number of aryl methyl sites for hydroxylation is 1. The molecule has 1 N–H and O–H groups in total. The molecule has 2 heterocycles. The highest BCUT2D eigenvalue weighted by molar-refractivity contribution is 5.93. The van der Waals surface area contributed by atoms with Gasteiger partial charge in [0.25, 0.3) is 5.56 Å². The zero-order chi connectivity index (χ0) is 18.5. The summed E-state index contributed by atoms with van der Waals surface area (Å²) in [6.07, 6.45) is -3.18. The predicted molar refractivity (Wildman–Crippen MR) is 89.7 cm³/mol. The standard InChI is InChI=1S/C18H12F3N3O2/c1-10-2-7-13-15(8-10)22-9-14-16(13)23-24(17(14)25)11-3-5-12(6-4-11)26-18(19,20)21/h2-9,22H,1H3. The van der Waals surface area contributed by atoms with Gasteiger partial charge in [0.05, 0.1) is 11.3 Å². The average Bonchev–Trinajstić information content (AvgIpc) is 2.91. The van der Waals surface area contributed by atoms with Crippen molar-refractivity contribution in [3.05, 3.63) is 64.6 Å². The fourth-order valence-electron chi connectivity index (χ4n) is 2.84. The van der Waals surface area contributed by atoms with Gasteiger partial charge in [-0.2, -0.15) is 9.78 Å². The predicted octanol–water partition coefficient (Wildman–Crippen LogP) is 4.03. The normalized spacial score (nSPS) is 12.0. The van der Waals surface area contributed by atoms with Crippen LogP contribution in [-0.4, -0.2) is 21.1 Å². The summed E-state index contributed by atoms with van der Waals surface area (Å²) in [5.41, 5.74) is 2.83. The Bertz CT molecular complexity index is 1130. The molecule has 0 aliphatic carbocycles. The molecule has 8 heteroatoms. The molecule has 0 spiro atoms. The summed E-state index contributed by atoms with van der Waals surface area (Å²) in [6, 6.07) is 10.7. The van der Waals surface area contributed by atoms with Gasteiger partial charge in [-0.1, -0.05) is 12.1 Å². The van der Waals surface area contributed by atoms with Gasteiger partial charge in [0.2, 0.25) is 0 Å². The molecule has 0 saturated carbocycles. The maximum absolute atomic E-state index is 12.6. The Labute approximate surface area is 145 Å². The summed E-state index contributed by atoms with van der Waals surface area (Å²) in [5, 5.41) is 5.16. The number of nitrogens with one attached hydrogen (secondary N) is 1. The lowest BCUT2D eigenvalue weighted by Crippen LogP contribution is -2.17. The molecule has 2 aliphatic heterocycles. The number of alkyl halides is 3. The van der Waals surface area contributed by atoms with Crippen LogP contribution in [0.25, 0.3) is 27.8 Å². The van der Waals surface area contributed by atoms with Gasteiger partial charge in [-0.3, -0.25) is 4.79 Å². The van der Waals surface area contributed by atoms with Gasteiger partial charge in [-0.15, -0.1) is 13.2 Å². The van der Waals surface area contributed by atoms with E-state index in [9.17, 15) is 18.0 Å². The van der Waals surface area contributed by atoms with E-state index in [0.717, 1.165) is 33.3 Å². The molecule has 0 radical (unpaired) electrons. The van der Waals surface area contributed by atoms with Crippen LogP contribution in [0.1, 0.15) is 5.56 Å². The highest BCUT2D eigenvalue weighted by Gasteiger charge is 2.31. The van der Waals surface area contributed by atoms with Crippen LogP contribution in [0.2, 0.25) is 0 Å². The van der Waals surface area contributed by atoms with Crippen molar-refractivity contribution in [2.24, 2.45) is 0 Å². The van der Waals surface area contributed by atoms with E-state index in [1.54, 1.807) is 6.20 Å². The number of halogens is 3. The van der Waals surface area contributed by atoms with E-state index >= 15 is 0 Å². The Morgan fingerprint density at radius 1 is 1.12 bits per heavy atom. The minimum atomic E-state index is -4.77. The molecule has 132 valence electrons. The number of H-pyrrole nitrogens is 1. The van der Waals surface area contributed by atoms with Crippen LogP contribution in [0.3, 0.4) is 0 Å². The van der Waals surface area contributed by atoms with Crippen molar-refractivity contribution in [3.63, 3.8) is 0 Å². The van der Waals surface area contributed by atoms with E-state index in [1.165, 1.54) is 12.1 Å². The fourth-order valence-corrected chi connectivity index (χ4v) is 2.84. The van der Waals surface area contributed by atoms with E-state index < -0.39 is 6.36 Å². The van der Waals surface area contributed by atoms with Crippen LogP contribution in [0.15, 0.2) is 53.5 Å². The number of fused-ring (bicyclic) bond motifs is 3. The molecule has 0 saturated heterocycles. The molecule has 0 fully saturated rings. The number of hydrogen-bond donors (Lipinski definition) is 1. The lowest BCUT2D eigenvalue weighted by atomic mass is 10.1. The zero-order valence-corrected chi connectivity index (χ0v) is 13.5. The Kier molecular flexibility index (Phi) is 3.50. The minimum absolute atomic E-state index is 0.348. The Balaban J connectivity index is 1.82. The third kappa shape index (κ3) is 2.79. The number of aromatic amines is 1. The third-order valence-corrected chi connectivity index (χ3v) is 3.99. The summed E-state index contributed by atoms with van der Waals surface area (Å²) in [6.45, 7) is 1.96. The molecular weight excluding hydrogens is 347 g/mol. The molecule has 0 aromatic heterocycles. The van der Waals surface area contributed by atoms with Crippen molar-refractivity contribution in [1.29, 1.82) is 0 Å². The molecule has 0 unspecified atom stereocenters. The summed E-state index contributed by atoms with van der Waals surface area (Å²) in [5.74, 6) is -0.361. The van der Waals surface area contributed by atoms with Crippen molar-refractivity contribution < 1.29 is 17.9 Å². The van der Waals surface area contributed by atoms with Crippen LogP contribution < -0.4 is 10.3 Å². The molecule has 2 aromatic carbocycles. The highest BCUT2D eigenvalue weighted by Crippen LogP contribution is 2.27. The Morgan fingerprint density at radius 2 is 1.85 bits per heavy atom. The number of benzene rings is 2. The molecule has 0 bridgehead atoms. The highest BCUT2D eigenvalue weighted by atomic mass is 19.4. The number of nitrogens with zero attached hydrogens (tertiary/aromatic N) is 2. The number of ether oxygens (including phenoxy) is 1. The Morgan fingerprint density at radius 3 is 2.54 bits per heavy atom. The molecule has 5 nitrogen and oxygen atoms in total. The lowest BCUT2D eigenvalue weighted by Gasteiger charge is -2.08. The van der Waals surface area contributed by atoms with E-state index in [-0.39, 0.29) is 11.3 Å². The van der Waals surface area contributed by atoms with Crippen LogP contribution >= 0.6 is 0 Å². The average molecular weight is 359 g/mol. The maximum Gasteiger partial charge on any atom is 0.573 e. The molecular formula is C18H12F3N3O2. The third-order valence-electron chi connectivity index (χ3n) is 3.99. The van der Waals surface area contributed by atoms with Crippen molar-refractivity contribution in [1.82, 2.24) is 14.8 Å². The first-order valence-electron chi connectivity index (χ1n) is 7.69. The summed E-state index contributed by atoms with van der Waals surface area (Å²) < 4.78 is 41.8. The summed E-state index contributed by atoms with van der Waals surface area (Å²) >= 11 is 0. The number of rotatable bonds is 2. The van der Waals surface area contributed by atoms with Crippen molar-refractivity contribution in [2.45, 2.75) is 13.3 Å². The van der Waals surface area contributed by atoms with Gasteiger partial charge in [-0.25, -0.2) is 0 Å². The van der Waals surface area contributed by atoms with Crippen molar-refractivity contribution >= 4 is 10.9 Å². The molecule has 2 aliphatic rings. The van der Waals surface area contributed by atoms with Crippen LogP contribution in [0, 0.1) is 6.92 Å². The van der Waals surface area contributed by atoms with Gasteiger partial charge >= 0.3 is 6.36 Å². The van der Waals surface area contributed by atoms with E-state index in [1.807, 2.05) is 25.1 Å². The molecule has 4 rings (SSSR count). The van der Waals surface area contributed by atoms with Crippen LogP contribution in [-0.2, 0) is 0 Å². The lowest BCUT2D eigenvalue weighted by molar-refractivity contribution is -0.274. The maximum atomic E-state index is 12.6. The first-order chi connectivity index (χ1) is 12.3. The molecule has 26 heavy (non-hydrogen) atoms. The first kappa shape index (κ1) is 16.2. The minimum Gasteiger partial charge on any atom is -0.406 e. The Hall–Kier alpha value is -3.29. The second kappa shape index (κ2) is 5.62. The quantitative estimate of drug-likeness (QED) is 0.588. The molecule has 0 atom stereocenters. The molecule has 2 aromatic rings. The van der Waals surface area contributed by atoms with E-state index in [2.05, 4.69) is 14.8 Å². The SMILES string of the molecule is Cc1ccc2c3nn(-c4ccc(OC(F)(F)F)cc4)c(=O)c-3c[nH]c2c1. The first-order valence-corrected chi connectivity index (χ1v) is 7.69. The van der Waals surface area contributed by atoms with Gasteiger partial charge in [0, 0.05) is 17.1 Å². The largest absolute Gasteiger partial charge is 0.573 e. The number of pyridine rings is 1. The fraction of sp³-hybridized carbons (Fsp3) is 0.111. The monoisotopic (exact) mass is 359 g/mol. The van der Waals surface area contributed by atoms with Gasteiger partial charge in [-0.05, 0) is 42.8 Å². The van der Waals surface area contributed by atoms with E-state index in [4.69, 9.17) is 0 Å². The molecule has 0 amide bonds. The smallest absolute Gasteiger partial charge is 0.406 e. The van der Waals surface area contributed by atoms with Crippen LogP contribution in [0.5, 0.6) is 5.75 Å².